The molecule has 0 radical (unpaired) electrons. The largest absolute Gasteiger partial charge is 0.317 e. The van der Waals surface area contributed by atoms with Gasteiger partial charge in [0.25, 0.3) is 0 Å². The second-order valence-corrected chi connectivity index (χ2v) is 5.70. The summed E-state index contributed by atoms with van der Waals surface area (Å²) < 4.78 is 0. The molecule has 0 saturated heterocycles. The van der Waals surface area contributed by atoms with Crippen molar-refractivity contribution in [2.75, 3.05) is 7.05 Å². The average molecular weight is 197 g/mol. The zero-order chi connectivity index (χ0) is 10.7. The van der Waals surface area contributed by atoms with Crippen molar-refractivity contribution >= 4 is 0 Å². The lowest BCUT2D eigenvalue weighted by atomic mass is 9.70. The van der Waals surface area contributed by atoms with Crippen LogP contribution in [0.3, 0.4) is 0 Å². The van der Waals surface area contributed by atoms with Crippen molar-refractivity contribution in [3.05, 3.63) is 0 Å². The van der Waals surface area contributed by atoms with Gasteiger partial charge in [-0.25, -0.2) is 0 Å². The Balaban J connectivity index is 2.56. The van der Waals surface area contributed by atoms with Crippen molar-refractivity contribution in [2.24, 2.45) is 23.7 Å². The number of rotatable bonds is 3. The van der Waals surface area contributed by atoms with Crippen LogP contribution in [0.5, 0.6) is 0 Å². The van der Waals surface area contributed by atoms with Crippen molar-refractivity contribution in [3.8, 4) is 0 Å². The standard InChI is InChI=1S/C13H27N/c1-9(2)11-6-12(10(3)4)8-13(7-11)14-5/h9-14H,6-8H2,1-5H3. The van der Waals surface area contributed by atoms with E-state index in [2.05, 4.69) is 40.1 Å². The highest BCUT2D eigenvalue weighted by Crippen LogP contribution is 2.37. The SMILES string of the molecule is CNC1CC(C(C)C)CC(C(C)C)C1. The van der Waals surface area contributed by atoms with Crippen LogP contribution in [0.2, 0.25) is 0 Å². The van der Waals surface area contributed by atoms with Crippen LogP contribution in [-0.2, 0) is 0 Å². The molecule has 1 fully saturated rings. The summed E-state index contributed by atoms with van der Waals surface area (Å²) in [7, 11) is 2.12. The van der Waals surface area contributed by atoms with E-state index in [1.165, 1.54) is 19.3 Å². The lowest BCUT2D eigenvalue weighted by molar-refractivity contribution is 0.147. The first-order chi connectivity index (χ1) is 6.54. The summed E-state index contributed by atoms with van der Waals surface area (Å²) in [6, 6.07) is 0.767. The van der Waals surface area contributed by atoms with Gasteiger partial charge in [0.05, 0.1) is 0 Å². The van der Waals surface area contributed by atoms with Gasteiger partial charge in [0.1, 0.15) is 0 Å². The molecule has 1 rings (SSSR count). The zero-order valence-electron chi connectivity index (χ0n) is 10.5. The maximum atomic E-state index is 3.47. The Hall–Kier alpha value is -0.0400. The highest BCUT2D eigenvalue weighted by atomic mass is 14.9. The molecule has 84 valence electrons. The first-order valence-electron chi connectivity index (χ1n) is 6.21. The summed E-state index contributed by atoms with van der Waals surface area (Å²) in [4.78, 5) is 0. The summed E-state index contributed by atoms with van der Waals surface area (Å²) >= 11 is 0. The Labute approximate surface area is 89.7 Å². The Morgan fingerprint density at radius 2 is 1.29 bits per heavy atom. The van der Waals surface area contributed by atoms with Gasteiger partial charge in [0, 0.05) is 6.04 Å². The molecule has 0 heterocycles. The molecule has 2 atom stereocenters. The summed E-state index contributed by atoms with van der Waals surface area (Å²) in [5.41, 5.74) is 0. The van der Waals surface area contributed by atoms with E-state index >= 15 is 0 Å². The minimum Gasteiger partial charge on any atom is -0.317 e. The molecule has 1 heteroatoms. The van der Waals surface area contributed by atoms with Crippen molar-refractivity contribution < 1.29 is 0 Å². The molecule has 1 nitrogen and oxygen atoms in total. The van der Waals surface area contributed by atoms with E-state index in [9.17, 15) is 0 Å². The van der Waals surface area contributed by atoms with E-state index in [0.717, 1.165) is 29.7 Å². The summed E-state index contributed by atoms with van der Waals surface area (Å²) in [5.74, 6) is 3.59. The van der Waals surface area contributed by atoms with Crippen LogP contribution < -0.4 is 5.32 Å². The topological polar surface area (TPSA) is 12.0 Å². The Morgan fingerprint density at radius 3 is 1.57 bits per heavy atom. The van der Waals surface area contributed by atoms with E-state index in [4.69, 9.17) is 0 Å². The molecule has 0 aliphatic heterocycles. The molecule has 0 bridgehead atoms. The van der Waals surface area contributed by atoms with Gasteiger partial charge in [-0.15, -0.1) is 0 Å². The van der Waals surface area contributed by atoms with E-state index in [0.29, 0.717) is 0 Å². The molecule has 1 aliphatic rings. The van der Waals surface area contributed by atoms with Gasteiger partial charge in [-0.05, 0) is 50.0 Å². The van der Waals surface area contributed by atoms with Gasteiger partial charge in [-0.3, -0.25) is 0 Å². The minimum absolute atomic E-state index is 0.767. The van der Waals surface area contributed by atoms with Crippen molar-refractivity contribution in [2.45, 2.75) is 53.0 Å². The third-order valence-corrected chi connectivity index (χ3v) is 4.07. The molecule has 14 heavy (non-hydrogen) atoms. The van der Waals surface area contributed by atoms with Gasteiger partial charge in [0.2, 0.25) is 0 Å². The van der Waals surface area contributed by atoms with Crippen molar-refractivity contribution in [1.29, 1.82) is 0 Å². The first-order valence-corrected chi connectivity index (χ1v) is 6.21. The first kappa shape index (κ1) is 12.0. The van der Waals surface area contributed by atoms with Gasteiger partial charge >= 0.3 is 0 Å². The van der Waals surface area contributed by atoms with E-state index in [1.54, 1.807) is 0 Å². The summed E-state index contributed by atoms with van der Waals surface area (Å²) in [5, 5.41) is 3.47. The number of hydrogen-bond acceptors (Lipinski definition) is 1. The average Bonchev–Trinajstić information content (AvgIpc) is 2.16. The van der Waals surface area contributed by atoms with Gasteiger partial charge < -0.3 is 5.32 Å². The van der Waals surface area contributed by atoms with Gasteiger partial charge in [-0.2, -0.15) is 0 Å². The molecular weight excluding hydrogens is 170 g/mol. The van der Waals surface area contributed by atoms with Crippen LogP contribution in [0.4, 0.5) is 0 Å². The molecule has 0 spiro atoms. The Bertz CT molecular complexity index is 147. The maximum absolute atomic E-state index is 3.47. The van der Waals surface area contributed by atoms with Crippen LogP contribution in [0.25, 0.3) is 0 Å². The number of hydrogen-bond donors (Lipinski definition) is 1. The molecule has 1 N–H and O–H groups in total. The molecule has 2 unspecified atom stereocenters. The van der Waals surface area contributed by atoms with Crippen LogP contribution in [0, 0.1) is 23.7 Å². The quantitative estimate of drug-likeness (QED) is 0.732. The van der Waals surface area contributed by atoms with Crippen LogP contribution in [-0.4, -0.2) is 13.1 Å². The third kappa shape index (κ3) is 2.98. The maximum Gasteiger partial charge on any atom is 0.00695 e. The Kier molecular flexibility index (Phi) is 4.43. The predicted octanol–water partition coefficient (Wildman–Crippen LogP) is 3.30. The fourth-order valence-corrected chi connectivity index (χ4v) is 2.73. The monoisotopic (exact) mass is 197 g/mol. The van der Waals surface area contributed by atoms with E-state index in [-0.39, 0.29) is 0 Å². The minimum atomic E-state index is 0.767. The van der Waals surface area contributed by atoms with Gasteiger partial charge in [-0.1, -0.05) is 27.7 Å². The third-order valence-electron chi connectivity index (χ3n) is 4.07. The second kappa shape index (κ2) is 5.16. The van der Waals surface area contributed by atoms with E-state index in [1.807, 2.05) is 0 Å². The van der Waals surface area contributed by atoms with Crippen LogP contribution >= 0.6 is 0 Å². The van der Waals surface area contributed by atoms with Crippen molar-refractivity contribution in [3.63, 3.8) is 0 Å². The molecule has 1 aliphatic carbocycles. The smallest absolute Gasteiger partial charge is 0.00695 e. The van der Waals surface area contributed by atoms with E-state index < -0.39 is 0 Å². The Morgan fingerprint density at radius 1 is 0.857 bits per heavy atom. The lowest BCUT2D eigenvalue weighted by Crippen LogP contribution is -2.38. The zero-order valence-corrected chi connectivity index (χ0v) is 10.5. The normalized spacial score (nSPS) is 34.1. The molecule has 0 aromatic heterocycles. The van der Waals surface area contributed by atoms with Crippen molar-refractivity contribution in [1.82, 2.24) is 5.32 Å². The highest BCUT2D eigenvalue weighted by Gasteiger charge is 2.30. The lowest BCUT2D eigenvalue weighted by Gasteiger charge is -2.38. The second-order valence-electron chi connectivity index (χ2n) is 5.70. The number of nitrogens with one attached hydrogen (secondary N) is 1. The highest BCUT2D eigenvalue weighted by molar-refractivity contribution is 4.84. The molecule has 0 aromatic rings. The van der Waals surface area contributed by atoms with Gasteiger partial charge in [0.15, 0.2) is 0 Å². The fraction of sp³-hybridized carbons (Fsp3) is 1.00. The fourth-order valence-electron chi connectivity index (χ4n) is 2.73. The summed E-state index contributed by atoms with van der Waals surface area (Å²) in [6.45, 7) is 9.50. The van der Waals surface area contributed by atoms with Crippen LogP contribution in [0.1, 0.15) is 47.0 Å². The molecule has 0 aromatic carbocycles. The molecule has 1 saturated carbocycles. The molecular formula is C13H27N. The predicted molar refractivity (Wildman–Crippen MR) is 63.4 cm³/mol. The molecule has 0 amide bonds. The summed E-state index contributed by atoms with van der Waals surface area (Å²) in [6.07, 6.45) is 4.22. The van der Waals surface area contributed by atoms with Crippen LogP contribution in [0.15, 0.2) is 0 Å².